The number of benzene rings is 10. The number of aliphatic imine (C=N–C) groups is 1. The summed E-state index contributed by atoms with van der Waals surface area (Å²) in [5.41, 5.74) is 16.7. The van der Waals surface area contributed by atoms with Crippen LogP contribution >= 0.6 is 11.8 Å². The SMILES string of the molecule is CC1(C)c2ccccc2-c2ccc(C3=C4SC(c5ccccc5)=CC4NC(n4c5ccc(-c6ccc7c8c9ccccc9ccc8n(-c8ccccc8)c7c6)cc5c5cc6ccccc6cc54)=N3)cc21. The summed E-state index contributed by atoms with van der Waals surface area (Å²) < 4.78 is 4.81. The Morgan fingerprint density at radius 1 is 0.457 bits per heavy atom. The van der Waals surface area contributed by atoms with Crippen LogP contribution in [0.1, 0.15) is 36.1 Å². The number of nitrogens with one attached hydrogen (secondary N) is 1. The molecule has 330 valence electrons. The Morgan fingerprint density at radius 3 is 1.97 bits per heavy atom. The molecule has 0 spiro atoms. The van der Waals surface area contributed by atoms with E-state index in [9.17, 15) is 0 Å². The average Bonchev–Trinajstić information content (AvgIpc) is 4.15. The van der Waals surface area contributed by atoms with E-state index in [4.69, 9.17) is 4.99 Å². The first-order valence-electron chi connectivity index (χ1n) is 24.2. The Bertz CT molecular complexity index is 4320. The fourth-order valence-electron chi connectivity index (χ4n) is 11.9. The van der Waals surface area contributed by atoms with Crippen molar-refractivity contribution in [3.05, 3.63) is 246 Å². The Morgan fingerprint density at radius 2 is 1.11 bits per heavy atom. The Hall–Kier alpha value is -8.38. The highest BCUT2D eigenvalue weighted by Gasteiger charge is 2.37. The van der Waals surface area contributed by atoms with E-state index >= 15 is 0 Å². The van der Waals surface area contributed by atoms with Crippen LogP contribution in [-0.4, -0.2) is 21.1 Å². The lowest BCUT2D eigenvalue weighted by Gasteiger charge is -2.26. The number of aromatic nitrogens is 2. The van der Waals surface area contributed by atoms with Crippen molar-refractivity contribution in [2.24, 2.45) is 4.99 Å². The quantitative estimate of drug-likeness (QED) is 0.191. The molecule has 1 unspecified atom stereocenters. The number of thioether (sulfide) groups is 1. The molecule has 12 aromatic rings. The minimum atomic E-state index is -0.134. The monoisotopic (exact) mass is 912 g/mol. The predicted octanol–water partition coefficient (Wildman–Crippen LogP) is 16.5. The lowest BCUT2D eigenvalue weighted by atomic mass is 9.82. The summed E-state index contributed by atoms with van der Waals surface area (Å²) in [6.45, 7) is 4.72. The summed E-state index contributed by atoms with van der Waals surface area (Å²) in [7, 11) is 0. The third-order valence-electron chi connectivity index (χ3n) is 15.3. The minimum absolute atomic E-state index is 0.0615. The summed E-state index contributed by atoms with van der Waals surface area (Å²) in [5.74, 6) is 0.821. The second kappa shape index (κ2) is 14.8. The van der Waals surface area contributed by atoms with E-state index < -0.39 is 0 Å². The molecule has 1 N–H and O–H groups in total. The maximum Gasteiger partial charge on any atom is 0.209 e. The molecule has 5 heteroatoms. The van der Waals surface area contributed by atoms with Gasteiger partial charge in [0.25, 0.3) is 0 Å². The second-order valence-corrected chi connectivity index (χ2v) is 20.7. The zero-order valence-corrected chi connectivity index (χ0v) is 39.4. The van der Waals surface area contributed by atoms with Gasteiger partial charge in [0.15, 0.2) is 0 Å². The van der Waals surface area contributed by atoms with Crippen molar-refractivity contribution in [3.63, 3.8) is 0 Å². The van der Waals surface area contributed by atoms with Gasteiger partial charge in [0.2, 0.25) is 5.96 Å². The van der Waals surface area contributed by atoms with Gasteiger partial charge in [0, 0.05) is 48.0 Å². The molecule has 0 fully saturated rings. The molecule has 0 radical (unpaired) electrons. The summed E-state index contributed by atoms with van der Waals surface area (Å²) in [6.07, 6.45) is 2.40. The number of hydrogen-bond acceptors (Lipinski definition) is 3. The van der Waals surface area contributed by atoms with E-state index in [-0.39, 0.29) is 11.5 Å². The molecule has 1 aliphatic carbocycles. The van der Waals surface area contributed by atoms with Crippen molar-refractivity contribution in [2.75, 3.05) is 0 Å². The van der Waals surface area contributed by atoms with Gasteiger partial charge >= 0.3 is 0 Å². The van der Waals surface area contributed by atoms with Gasteiger partial charge in [-0.05, 0) is 121 Å². The van der Waals surface area contributed by atoms with E-state index in [1.165, 1.54) is 103 Å². The Labute approximate surface area is 409 Å². The summed E-state index contributed by atoms with van der Waals surface area (Å²) in [6, 6.07) is 78.2. The van der Waals surface area contributed by atoms with Crippen LogP contribution in [0.25, 0.3) is 104 Å². The van der Waals surface area contributed by atoms with Gasteiger partial charge in [-0.2, -0.15) is 0 Å². The molecule has 0 saturated carbocycles. The van der Waals surface area contributed by atoms with Crippen LogP contribution < -0.4 is 5.32 Å². The first kappa shape index (κ1) is 39.6. The molecule has 0 amide bonds. The molecule has 2 aromatic heterocycles. The normalized spacial score (nSPS) is 16.0. The zero-order valence-electron chi connectivity index (χ0n) is 38.6. The Kier molecular flexibility index (Phi) is 8.38. The molecule has 3 aliphatic rings. The van der Waals surface area contributed by atoms with Crippen LogP contribution in [-0.2, 0) is 5.41 Å². The van der Waals surface area contributed by atoms with Gasteiger partial charge in [-0.1, -0.05) is 183 Å². The van der Waals surface area contributed by atoms with Crippen LogP contribution in [0.2, 0.25) is 0 Å². The highest BCUT2D eigenvalue weighted by molar-refractivity contribution is 8.12. The van der Waals surface area contributed by atoms with E-state index in [2.05, 4.69) is 247 Å². The highest BCUT2D eigenvalue weighted by Crippen LogP contribution is 2.52. The fourth-order valence-corrected chi connectivity index (χ4v) is 13.2. The zero-order chi connectivity index (χ0) is 46.2. The van der Waals surface area contributed by atoms with Crippen molar-refractivity contribution < 1.29 is 0 Å². The van der Waals surface area contributed by atoms with Crippen LogP contribution in [0, 0.1) is 0 Å². The van der Waals surface area contributed by atoms with Crippen LogP contribution in [0.4, 0.5) is 0 Å². The maximum atomic E-state index is 5.75. The topological polar surface area (TPSA) is 34.2 Å². The van der Waals surface area contributed by atoms with Gasteiger partial charge in [-0.15, -0.1) is 0 Å². The third-order valence-corrected chi connectivity index (χ3v) is 16.6. The maximum absolute atomic E-state index is 5.75. The third kappa shape index (κ3) is 5.76. The molecular weight excluding hydrogens is 869 g/mol. The van der Waals surface area contributed by atoms with Crippen molar-refractivity contribution >= 4 is 93.5 Å². The highest BCUT2D eigenvalue weighted by atomic mass is 32.2. The molecule has 4 heterocycles. The molecule has 0 bridgehead atoms. The predicted molar refractivity (Wildman–Crippen MR) is 297 cm³/mol. The van der Waals surface area contributed by atoms with Crippen molar-refractivity contribution in [1.29, 1.82) is 0 Å². The summed E-state index contributed by atoms with van der Waals surface area (Å²) >= 11 is 1.84. The lowest BCUT2D eigenvalue weighted by Crippen LogP contribution is -2.40. The van der Waals surface area contributed by atoms with E-state index in [0.717, 1.165) is 33.9 Å². The first-order chi connectivity index (χ1) is 34.4. The van der Waals surface area contributed by atoms with Crippen LogP contribution in [0.15, 0.2) is 228 Å². The van der Waals surface area contributed by atoms with E-state index in [1.54, 1.807) is 0 Å². The molecular formula is C65H44N4S. The van der Waals surface area contributed by atoms with Gasteiger partial charge in [-0.25, -0.2) is 4.99 Å². The lowest BCUT2D eigenvalue weighted by molar-refractivity contribution is 0.660. The van der Waals surface area contributed by atoms with Gasteiger partial charge in [0.1, 0.15) is 0 Å². The largest absolute Gasteiger partial charge is 0.344 e. The molecule has 0 saturated heterocycles. The standard InChI is InChI=1S/C65H44N4S/c1-65(2)53-24-14-13-23-48(53)49-29-26-45(35-54(49)65)62-63-55(38-60(70-63)40-16-5-3-6-17-40)66-64(67-62)69-56-31-28-43(34-51(56)52-33-41-18-9-10-19-42(41)36-59(52)69)44-25-30-50-58(37-44)68(46-20-7-4-8-21-46)57-32-27-39-15-11-12-22-47(39)61(50)57/h3-38,55H,1-2H3,(H,66,67). The number of hydrogen-bond donors (Lipinski definition) is 1. The minimum Gasteiger partial charge on any atom is -0.344 e. The molecule has 4 nitrogen and oxygen atoms in total. The summed E-state index contributed by atoms with van der Waals surface area (Å²) in [4.78, 5) is 8.22. The van der Waals surface area contributed by atoms with Crippen molar-refractivity contribution in [3.8, 4) is 27.9 Å². The summed E-state index contributed by atoms with van der Waals surface area (Å²) in [5, 5.41) is 13.8. The van der Waals surface area contributed by atoms with E-state index in [1.807, 2.05) is 11.8 Å². The van der Waals surface area contributed by atoms with Gasteiger partial charge < -0.3 is 9.88 Å². The fraction of sp³-hybridized carbons (Fsp3) is 0.0615. The van der Waals surface area contributed by atoms with E-state index in [0.29, 0.717) is 0 Å². The molecule has 1 atom stereocenters. The average molecular weight is 913 g/mol. The number of nitrogens with zero attached hydrogens (tertiary/aromatic N) is 3. The van der Waals surface area contributed by atoms with Crippen molar-refractivity contribution in [2.45, 2.75) is 25.3 Å². The number of fused-ring (bicyclic) bond motifs is 13. The second-order valence-electron chi connectivity index (χ2n) is 19.6. The van der Waals surface area contributed by atoms with Crippen LogP contribution in [0.5, 0.6) is 0 Å². The molecule has 70 heavy (non-hydrogen) atoms. The number of para-hydroxylation sites is 1. The first-order valence-corrected chi connectivity index (χ1v) is 25.0. The number of rotatable bonds is 4. The van der Waals surface area contributed by atoms with Crippen LogP contribution in [0.3, 0.4) is 0 Å². The Balaban J connectivity index is 0.935. The molecule has 10 aromatic carbocycles. The molecule has 15 rings (SSSR count). The van der Waals surface area contributed by atoms with Gasteiger partial charge in [0.05, 0.1) is 33.8 Å². The molecule has 2 aliphatic heterocycles. The van der Waals surface area contributed by atoms with Gasteiger partial charge in [-0.3, -0.25) is 4.57 Å². The van der Waals surface area contributed by atoms with Crippen molar-refractivity contribution in [1.82, 2.24) is 14.5 Å². The smallest absolute Gasteiger partial charge is 0.209 e.